The fourth-order valence-electron chi connectivity index (χ4n) is 2.56. The third-order valence-corrected chi connectivity index (χ3v) is 3.67. The van der Waals surface area contributed by atoms with Gasteiger partial charge in [0.25, 0.3) is 11.7 Å². The minimum Gasteiger partial charge on any atom is -0.460 e. The molecular formula is C13H16N4O3. The van der Waals surface area contributed by atoms with Gasteiger partial charge in [0.05, 0.1) is 16.0 Å². The van der Waals surface area contributed by atoms with E-state index in [4.69, 9.17) is 10.5 Å². The van der Waals surface area contributed by atoms with E-state index in [9.17, 15) is 10.1 Å². The van der Waals surface area contributed by atoms with Gasteiger partial charge in [-0.1, -0.05) is 6.42 Å². The lowest BCUT2D eigenvalue weighted by molar-refractivity contribution is -0.384. The van der Waals surface area contributed by atoms with Crippen LogP contribution in [-0.2, 0) is 0 Å². The Hall–Kier alpha value is -2.15. The molecule has 0 bridgehead atoms. The van der Waals surface area contributed by atoms with E-state index < -0.39 is 4.92 Å². The summed E-state index contributed by atoms with van der Waals surface area (Å²) < 4.78 is 5.79. The van der Waals surface area contributed by atoms with Gasteiger partial charge in [0.15, 0.2) is 0 Å². The van der Waals surface area contributed by atoms with Crippen molar-refractivity contribution < 1.29 is 9.66 Å². The summed E-state index contributed by atoms with van der Waals surface area (Å²) in [6.45, 7) is 0. The zero-order valence-corrected chi connectivity index (χ0v) is 10.9. The average Bonchev–Trinajstić information content (AvgIpc) is 2.82. The summed E-state index contributed by atoms with van der Waals surface area (Å²) >= 11 is 0. The summed E-state index contributed by atoms with van der Waals surface area (Å²) in [6.07, 6.45) is 4.06. The number of fused-ring (bicyclic) bond motifs is 1. The highest BCUT2D eigenvalue weighted by atomic mass is 16.6. The molecule has 106 valence electrons. The van der Waals surface area contributed by atoms with Crippen LogP contribution in [0.15, 0.2) is 18.2 Å². The van der Waals surface area contributed by atoms with Gasteiger partial charge in [-0.15, -0.1) is 0 Å². The lowest BCUT2D eigenvalue weighted by atomic mass is 9.93. The predicted octanol–water partition coefficient (Wildman–Crippen LogP) is 2.12. The number of hydrogen-bond donors (Lipinski definition) is 2. The van der Waals surface area contributed by atoms with Crippen LogP contribution in [0.2, 0.25) is 0 Å². The fourth-order valence-corrected chi connectivity index (χ4v) is 2.56. The van der Waals surface area contributed by atoms with E-state index in [1.807, 2.05) is 0 Å². The molecule has 7 heteroatoms. The van der Waals surface area contributed by atoms with Gasteiger partial charge in [0.2, 0.25) is 0 Å². The van der Waals surface area contributed by atoms with Crippen molar-refractivity contribution in [3.63, 3.8) is 0 Å². The summed E-state index contributed by atoms with van der Waals surface area (Å²) in [5.41, 5.74) is 7.30. The van der Waals surface area contributed by atoms with E-state index in [1.165, 1.54) is 12.1 Å². The van der Waals surface area contributed by atoms with Crippen LogP contribution in [0.3, 0.4) is 0 Å². The Morgan fingerprint density at radius 2 is 2.20 bits per heavy atom. The maximum atomic E-state index is 10.7. The number of hydrogen-bond acceptors (Lipinski definition) is 5. The van der Waals surface area contributed by atoms with Crippen LogP contribution >= 0.6 is 0 Å². The van der Waals surface area contributed by atoms with Crippen LogP contribution in [0.5, 0.6) is 6.01 Å². The molecule has 1 heterocycles. The Balaban J connectivity index is 1.83. The number of nitro groups is 1. The molecule has 1 aliphatic rings. The van der Waals surface area contributed by atoms with Gasteiger partial charge in [0, 0.05) is 18.2 Å². The van der Waals surface area contributed by atoms with E-state index >= 15 is 0 Å². The van der Waals surface area contributed by atoms with Gasteiger partial charge in [-0.25, -0.2) is 0 Å². The first-order valence-electron chi connectivity index (χ1n) is 6.70. The summed E-state index contributed by atoms with van der Waals surface area (Å²) in [4.78, 5) is 17.6. The lowest BCUT2D eigenvalue weighted by Gasteiger charge is -2.27. The monoisotopic (exact) mass is 276 g/mol. The van der Waals surface area contributed by atoms with E-state index in [2.05, 4.69) is 9.97 Å². The second-order valence-corrected chi connectivity index (χ2v) is 5.11. The zero-order chi connectivity index (χ0) is 14.1. The maximum Gasteiger partial charge on any atom is 0.294 e. The lowest BCUT2D eigenvalue weighted by Crippen LogP contribution is -2.41. The Labute approximate surface area is 115 Å². The summed E-state index contributed by atoms with van der Waals surface area (Å²) in [5.74, 6) is 0. The molecule has 3 rings (SSSR count). The molecule has 1 saturated carbocycles. The van der Waals surface area contributed by atoms with Gasteiger partial charge in [-0.05, 0) is 25.3 Å². The number of nitrogens with two attached hydrogens (primary N) is 1. The number of H-pyrrole nitrogens is 1. The molecule has 0 saturated heterocycles. The van der Waals surface area contributed by atoms with Gasteiger partial charge in [0.1, 0.15) is 6.10 Å². The van der Waals surface area contributed by atoms with Crippen molar-refractivity contribution >= 4 is 16.7 Å². The van der Waals surface area contributed by atoms with E-state index in [0.29, 0.717) is 17.0 Å². The van der Waals surface area contributed by atoms with E-state index in [-0.39, 0.29) is 17.8 Å². The van der Waals surface area contributed by atoms with Gasteiger partial charge in [-0.3, -0.25) is 10.1 Å². The summed E-state index contributed by atoms with van der Waals surface area (Å²) in [5, 5.41) is 10.7. The highest BCUT2D eigenvalue weighted by Crippen LogP contribution is 2.25. The first-order valence-corrected chi connectivity index (χ1v) is 6.70. The molecular weight excluding hydrogens is 260 g/mol. The van der Waals surface area contributed by atoms with Crippen molar-refractivity contribution in [2.45, 2.75) is 37.8 Å². The van der Waals surface area contributed by atoms with Crippen molar-refractivity contribution in [2.24, 2.45) is 5.73 Å². The normalized spacial score (nSPS) is 22.9. The topological polar surface area (TPSA) is 107 Å². The molecule has 0 radical (unpaired) electrons. The van der Waals surface area contributed by atoms with Crippen LogP contribution in [-0.4, -0.2) is 27.0 Å². The Bertz CT molecular complexity index is 640. The van der Waals surface area contributed by atoms with Gasteiger partial charge < -0.3 is 15.5 Å². The van der Waals surface area contributed by atoms with Gasteiger partial charge in [-0.2, -0.15) is 4.98 Å². The molecule has 7 nitrogen and oxygen atoms in total. The number of ether oxygens (including phenoxy) is 1. The van der Waals surface area contributed by atoms with Crippen molar-refractivity contribution in [1.29, 1.82) is 0 Å². The number of nitrogens with zero attached hydrogens (tertiary/aromatic N) is 2. The maximum absolute atomic E-state index is 10.7. The molecule has 20 heavy (non-hydrogen) atoms. The Kier molecular flexibility index (Phi) is 3.27. The molecule has 2 atom stereocenters. The molecule has 2 aromatic rings. The largest absolute Gasteiger partial charge is 0.460 e. The summed E-state index contributed by atoms with van der Waals surface area (Å²) in [6, 6.07) is 4.89. The van der Waals surface area contributed by atoms with Crippen molar-refractivity contribution in [2.75, 3.05) is 0 Å². The number of nitro benzene ring substituents is 1. The van der Waals surface area contributed by atoms with Crippen LogP contribution in [0.4, 0.5) is 5.69 Å². The minimum absolute atomic E-state index is 0.0197. The van der Waals surface area contributed by atoms with E-state index in [1.54, 1.807) is 6.07 Å². The Morgan fingerprint density at radius 1 is 1.40 bits per heavy atom. The first-order chi connectivity index (χ1) is 9.63. The number of benzene rings is 1. The number of aromatic nitrogens is 2. The second kappa shape index (κ2) is 5.09. The fraction of sp³-hybridized carbons (Fsp3) is 0.462. The summed E-state index contributed by atoms with van der Waals surface area (Å²) in [7, 11) is 0. The first kappa shape index (κ1) is 12.9. The van der Waals surface area contributed by atoms with E-state index in [0.717, 1.165) is 25.7 Å². The molecule has 1 fully saturated rings. The number of nitrogens with one attached hydrogen (secondary N) is 1. The van der Waals surface area contributed by atoms with Crippen molar-refractivity contribution in [3.8, 4) is 6.01 Å². The number of non-ortho nitro benzene ring substituents is 1. The van der Waals surface area contributed by atoms with Crippen molar-refractivity contribution in [1.82, 2.24) is 9.97 Å². The number of rotatable bonds is 3. The Morgan fingerprint density at radius 3 is 2.95 bits per heavy atom. The third-order valence-electron chi connectivity index (χ3n) is 3.67. The smallest absolute Gasteiger partial charge is 0.294 e. The molecule has 3 N–H and O–H groups in total. The molecule has 1 aromatic heterocycles. The highest BCUT2D eigenvalue weighted by Gasteiger charge is 2.24. The van der Waals surface area contributed by atoms with Gasteiger partial charge >= 0.3 is 0 Å². The molecule has 0 aliphatic heterocycles. The number of imidazole rings is 1. The SMILES string of the molecule is NC1CCCCC1Oc1nc2ccc([N+](=O)[O-])cc2[nH]1. The molecule has 0 spiro atoms. The average molecular weight is 276 g/mol. The van der Waals surface area contributed by atoms with Crippen LogP contribution in [0.25, 0.3) is 11.0 Å². The molecule has 0 amide bonds. The van der Waals surface area contributed by atoms with Crippen molar-refractivity contribution in [3.05, 3.63) is 28.3 Å². The third kappa shape index (κ3) is 2.44. The molecule has 1 aromatic carbocycles. The zero-order valence-electron chi connectivity index (χ0n) is 10.9. The number of aromatic amines is 1. The quantitative estimate of drug-likeness (QED) is 0.659. The molecule has 1 aliphatic carbocycles. The standard InChI is InChI=1S/C13H16N4O3/c14-9-3-1-2-4-12(9)20-13-15-10-6-5-8(17(18)19)7-11(10)16-13/h5-7,9,12H,1-4,14H2,(H,15,16). The van der Waals surface area contributed by atoms with Crippen LogP contribution in [0.1, 0.15) is 25.7 Å². The van der Waals surface area contributed by atoms with Crippen LogP contribution < -0.4 is 10.5 Å². The minimum atomic E-state index is -0.433. The predicted molar refractivity (Wildman–Crippen MR) is 73.6 cm³/mol. The highest BCUT2D eigenvalue weighted by molar-refractivity contribution is 5.78. The second-order valence-electron chi connectivity index (χ2n) is 5.11. The van der Waals surface area contributed by atoms with Crippen LogP contribution in [0, 0.1) is 10.1 Å². The molecule has 2 unspecified atom stereocenters.